The number of ether oxygens (including phenoxy) is 2. The van der Waals surface area contributed by atoms with Crippen molar-refractivity contribution in [3.63, 3.8) is 0 Å². The number of aryl methyl sites for hydroxylation is 1. The SMILES string of the molecule is COC(=O)CCC(=O)N1CCCC(CCc2cccc(OC)c2)C1. The lowest BCUT2D eigenvalue weighted by Crippen LogP contribution is -2.40. The Balaban J connectivity index is 1.79. The maximum absolute atomic E-state index is 12.2. The van der Waals surface area contributed by atoms with Crippen LogP contribution in [-0.4, -0.2) is 44.1 Å². The minimum absolute atomic E-state index is 0.0616. The summed E-state index contributed by atoms with van der Waals surface area (Å²) in [4.78, 5) is 25.3. The van der Waals surface area contributed by atoms with E-state index in [2.05, 4.69) is 16.9 Å². The number of benzene rings is 1. The van der Waals surface area contributed by atoms with E-state index < -0.39 is 0 Å². The number of amides is 1. The Kier molecular flexibility index (Phi) is 7.09. The van der Waals surface area contributed by atoms with Crippen LogP contribution in [0.2, 0.25) is 0 Å². The highest BCUT2D eigenvalue weighted by molar-refractivity contribution is 5.81. The van der Waals surface area contributed by atoms with Crippen LogP contribution >= 0.6 is 0 Å². The van der Waals surface area contributed by atoms with Crippen molar-refractivity contribution in [2.24, 2.45) is 5.92 Å². The lowest BCUT2D eigenvalue weighted by Gasteiger charge is -2.33. The van der Waals surface area contributed by atoms with Gasteiger partial charge in [-0.25, -0.2) is 0 Å². The molecule has 1 aliphatic rings. The number of nitrogens with zero attached hydrogens (tertiary/aromatic N) is 1. The first-order chi connectivity index (χ1) is 11.6. The lowest BCUT2D eigenvalue weighted by molar-refractivity contribution is -0.144. The summed E-state index contributed by atoms with van der Waals surface area (Å²) in [6.45, 7) is 1.60. The first-order valence-corrected chi connectivity index (χ1v) is 8.60. The van der Waals surface area contributed by atoms with Crippen molar-refractivity contribution in [3.8, 4) is 5.75 Å². The van der Waals surface area contributed by atoms with Gasteiger partial charge in [0.25, 0.3) is 0 Å². The monoisotopic (exact) mass is 333 g/mol. The van der Waals surface area contributed by atoms with Crippen molar-refractivity contribution in [1.29, 1.82) is 0 Å². The Morgan fingerprint density at radius 3 is 2.83 bits per heavy atom. The molecule has 1 aromatic rings. The summed E-state index contributed by atoms with van der Waals surface area (Å²) in [6.07, 6.45) is 4.66. The third-order valence-electron chi connectivity index (χ3n) is 4.62. The van der Waals surface area contributed by atoms with Crippen LogP contribution in [-0.2, 0) is 20.7 Å². The van der Waals surface area contributed by atoms with Gasteiger partial charge < -0.3 is 14.4 Å². The van der Waals surface area contributed by atoms with Gasteiger partial charge in [0.05, 0.1) is 20.6 Å². The summed E-state index contributed by atoms with van der Waals surface area (Å²) in [5.41, 5.74) is 1.27. The highest BCUT2D eigenvalue weighted by Crippen LogP contribution is 2.23. The number of carbonyl (C=O) groups excluding carboxylic acids is 2. The molecule has 1 unspecified atom stereocenters. The predicted octanol–water partition coefficient (Wildman–Crippen LogP) is 2.82. The van der Waals surface area contributed by atoms with E-state index in [1.807, 2.05) is 17.0 Å². The molecule has 1 amide bonds. The van der Waals surface area contributed by atoms with E-state index in [-0.39, 0.29) is 24.7 Å². The molecule has 0 bridgehead atoms. The zero-order valence-corrected chi connectivity index (χ0v) is 14.6. The lowest BCUT2D eigenvalue weighted by atomic mass is 9.91. The molecular weight excluding hydrogens is 306 g/mol. The Bertz CT molecular complexity index is 558. The summed E-state index contributed by atoms with van der Waals surface area (Å²) >= 11 is 0. The van der Waals surface area contributed by atoms with Gasteiger partial charge in [0.2, 0.25) is 5.91 Å². The van der Waals surface area contributed by atoms with Crippen molar-refractivity contribution in [3.05, 3.63) is 29.8 Å². The minimum atomic E-state index is -0.324. The van der Waals surface area contributed by atoms with Crippen LogP contribution in [0.3, 0.4) is 0 Å². The standard InChI is InChI=1S/C19H27NO4/c1-23-17-7-3-5-15(13-17)8-9-16-6-4-12-20(14-16)18(21)10-11-19(22)24-2/h3,5,7,13,16H,4,6,8-12,14H2,1-2H3. The Labute approximate surface area is 143 Å². The second-order valence-electron chi connectivity index (χ2n) is 6.31. The third kappa shape index (κ3) is 5.55. The number of rotatable bonds is 7. The number of methoxy groups -OCH3 is 2. The average Bonchev–Trinajstić information content (AvgIpc) is 2.64. The Hall–Kier alpha value is -2.04. The summed E-state index contributed by atoms with van der Waals surface area (Å²) in [5.74, 6) is 1.14. The largest absolute Gasteiger partial charge is 0.497 e. The molecule has 5 nitrogen and oxygen atoms in total. The van der Waals surface area contributed by atoms with Crippen LogP contribution in [0.1, 0.15) is 37.7 Å². The molecule has 0 radical (unpaired) electrons. The van der Waals surface area contributed by atoms with Gasteiger partial charge >= 0.3 is 5.97 Å². The molecular formula is C19H27NO4. The smallest absolute Gasteiger partial charge is 0.306 e. The number of hydrogen-bond donors (Lipinski definition) is 0. The molecule has 1 atom stereocenters. The molecule has 5 heteroatoms. The fourth-order valence-corrected chi connectivity index (χ4v) is 3.20. The van der Waals surface area contributed by atoms with Gasteiger partial charge in [0.1, 0.15) is 5.75 Å². The third-order valence-corrected chi connectivity index (χ3v) is 4.62. The molecule has 1 aromatic carbocycles. The quantitative estimate of drug-likeness (QED) is 0.720. The van der Waals surface area contributed by atoms with Crippen LogP contribution in [0.25, 0.3) is 0 Å². The highest BCUT2D eigenvalue weighted by Gasteiger charge is 2.23. The van der Waals surface area contributed by atoms with E-state index in [4.69, 9.17) is 4.74 Å². The molecule has 132 valence electrons. The molecule has 0 aromatic heterocycles. The second kappa shape index (κ2) is 9.30. The van der Waals surface area contributed by atoms with E-state index in [0.29, 0.717) is 5.92 Å². The normalized spacial score (nSPS) is 17.4. The van der Waals surface area contributed by atoms with E-state index in [1.165, 1.54) is 12.7 Å². The Morgan fingerprint density at radius 1 is 1.25 bits per heavy atom. The molecule has 0 N–H and O–H groups in total. The topological polar surface area (TPSA) is 55.8 Å². The summed E-state index contributed by atoms with van der Waals surface area (Å²) in [5, 5.41) is 0. The van der Waals surface area contributed by atoms with E-state index in [0.717, 1.165) is 44.5 Å². The average molecular weight is 333 g/mol. The number of carbonyl (C=O) groups is 2. The molecule has 24 heavy (non-hydrogen) atoms. The minimum Gasteiger partial charge on any atom is -0.497 e. The molecule has 0 spiro atoms. The maximum atomic E-state index is 12.2. The number of hydrogen-bond acceptors (Lipinski definition) is 4. The zero-order valence-electron chi connectivity index (χ0n) is 14.6. The summed E-state index contributed by atoms with van der Waals surface area (Å²) in [7, 11) is 3.03. The van der Waals surface area contributed by atoms with Crippen molar-refractivity contribution < 1.29 is 19.1 Å². The van der Waals surface area contributed by atoms with Gasteiger partial charge in [-0.3, -0.25) is 9.59 Å². The van der Waals surface area contributed by atoms with Gasteiger partial charge in [-0.1, -0.05) is 12.1 Å². The number of likely N-dealkylation sites (tertiary alicyclic amines) is 1. The van der Waals surface area contributed by atoms with Crippen LogP contribution in [0.15, 0.2) is 24.3 Å². The summed E-state index contributed by atoms with van der Waals surface area (Å²) in [6, 6.07) is 8.15. The maximum Gasteiger partial charge on any atom is 0.306 e. The van der Waals surface area contributed by atoms with Crippen molar-refractivity contribution >= 4 is 11.9 Å². The molecule has 0 saturated carbocycles. The first-order valence-electron chi connectivity index (χ1n) is 8.60. The van der Waals surface area contributed by atoms with Crippen LogP contribution < -0.4 is 4.74 Å². The molecule has 1 fully saturated rings. The van der Waals surface area contributed by atoms with Crippen molar-refractivity contribution in [1.82, 2.24) is 4.90 Å². The fraction of sp³-hybridized carbons (Fsp3) is 0.579. The van der Waals surface area contributed by atoms with E-state index >= 15 is 0 Å². The van der Waals surface area contributed by atoms with Gasteiger partial charge in [-0.15, -0.1) is 0 Å². The van der Waals surface area contributed by atoms with Gasteiger partial charge in [0.15, 0.2) is 0 Å². The Morgan fingerprint density at radius 2 is 2.08 bits per heavy atom. The van der Waals surface area contributed by atoms with Crippen LogP contribution in [0, 0.1) is 5.92 Å². The zero-order chi connectivity index (χ0) is 17.4. The van der Waals surface area contributed by atoms with Crippen LogP contribution in [0.5, 0.6) is 5.75 Å². The van der Waals surface area contributed by atoms with Crippen molar-refractivity contribution in [2.75, 3.05) is 27.3 Å². The second-order valence-corrected chi connectivity index (χ2v) is 6.31. The molecule has 1 aliphatic heterocycles. The molecule has 0 aliphatic carbocycles. The number of esters is 1. The molecule has 1 saturated heterocycles. The number of piperidine rings is 1. The summed E-state index contributed by atoms with van der Waals surface area (Å²) < 4.78 is 9.86. The van der Waals surface area contributed by atoms with Gasteiger partial charge in [-0.2, -0.15) is 0 Å². The molecule has 1 heterocycles. The fourth-order valence-electron chi connectivity index (χ4n) is 3.20. The van der Waals surface area contributed by atoms with Crippen LogP contribution in [0.4, 0.5) is 0 Å². The first kappa shape index (κ1) is 18.3. The van der Waals surface area contributed by atoms with E-state index in [9.17, 15) is 9.59 Å². The van der Waals surface area contributed by atoms with Gasteiger partial charge in [0, 0.05) is 19.5 Å². The molecule has 2 rings (SSSR count). The van der Waals surface area contributed by atoms with E-state index in [1.54, 1.807) is 7.11 Å². The van der Waals surface area contributed by atoms with Crippen molar-refractivity contribution in [2.45, 2.75) is 38.5 Å². The van der Waals surface area contributed by atoms with Gasteiger partial charge in [-0.05, 0) is 49.3 Å². The predicted molar refractivity (Wildman–Crippen MR) is 91.9 cm³/mol. The highest BCUT2D eigenvalue weighted by atomic mass is 16.5.